The molecule has 0 bridgehead atoms. The molecule has 0 atom stereocenters. The van der Waals surface area contributed by atoms with Crippen LogP contribution in [0.4, 0.5) is 23.7 Å². The van der Waals surface area contributed by atoms with Crippen molar-refractivity contribution in [2.75, 3.05) is 5.32 Å². The molecular formula is C18H12F3N3O2S. The van der Waals surface area contributed by atoms with Crippen LogP contribution in [0.3, 0.4) is 0 Å². The lowest BCUT2D eigenvalue weighted by molar-refractivity contribution is -0.143. The highest BCUT2D eigenvalue weighted by atomic mass is 32.2. The fourth-order valence-electron chi connectivity index (χ4n) is 2.08. The molecule has 3 rings (SSSR count). The third-order valence-corrected chi connectivity index (χ3v) is 4.17. The summed E-state index contributed by atoms with van der Waals surface area (Å²) in [6, 6.07) is 14.1. The number of pyridine rings is 2. The molecule has 2 aromatic heterocycles. The number of carbonyl (C=O) groups excluding carboxylic acids is 1. The number of amides is 1. The summed E-state index contributed by atoms with van der Waals surface area (Å²) >= 11 is 0.801. The molecular weight excluding hydrogens is 379 g/mol. The van der Waals surface area contributed by atoms with E-state index in [-0.39, 0.29) is 9.92 Å². The third-order valence-electron chi connectivity index (χ3n) is 3.19. The van der Waals surface area contributed by atoms with E-state index < -0.39 is 18.0 Å². The van der Waals surface area contributed by atoms with E-state index in [0.717, 1.165) is 18.0 Å². The van der Waals surface area contributed by atoms with Crippen LogP contribution in [0.1, 0.15) is 5.69 Å². The minimum Gasteiger partial charge on any atom is -0.410 e. The first-order valence-corrected chi connectivity index (χ1v) is 8.43. The lowest BCUT2D eigenvalue weighted by Crippen LogP contribution is -2.16. The van der Waals surface area contributed by atoms with Gasteiger partial charge < -0.3 is 4.74 Å². The molecule has 0 saturated carbocycles. The van der Waals surface area contributed by atoms with Crippen molar-refractivity contribution in [1.82, 2.24) is 9.97 Å². The molecule has 5 nitrogen and oxygen atoms in total. The molecule has 1 aromatic carbocycles. The summed E-state index contributed by atoms with van der Waals surface area (Å²) in [5.74, 6) is 0.365. The fourth-order valence-corrected chi connectivity index (χ4v) is 3.02. The van der Waals surface area contributed by atoms with Gasteiger partial charge in [-0.3, -0.25) is 10.3 Å². The molecule has 0 saturated heterocycles. The Kier molecular flexibility index (Phi) is 5.60. The van der Waals surface area contributed by atoms with Crippen molar-refractivity contribution >= 4 is 23.5 Å². The number of nitrogens with one attached hydrogen (secondary N) is 1. The molecule has 9 heteroatoms. The van der Waals surface area contributed by atoms with Crippen LogP contribution in [-0.4, -0.2) is 16.1 Å². The van der Waals surface area contributed by atoms with Crippen molar-refractivity contribution in [3.63, 3.8) is 0 Å². The number of alkyl halides is 3. The van der Waals surface area contributed by atoms with Gasteiger partial charge in [-0.25, -0.2) is 9.78 Å². The number of ether oxygens (including phenoxy) is 1. The zero-order chi connectivity index (χ0) is 19.3. The number of aromatic nitrogens is 2. The van der Waals surface area contributed by atoms with E-state index in [1.807, 2.05) is 0 Å². The molecule has 0 aliphatic carbocycles. The molecule has 0 aliphatic heterocycles. The number of anilines is 1. The number of halogens is 3. The summed E-state index contributed by atoms with van der Waals surface area (Å²) in [5.41, 5.74) is -0.649. The molecule has 138 valence electrons. The normalized spacial score (nSPS) is 11.1. The Bertz CT molecular complexity index is 936. The number of benzene rings is 1. The van der Waals surface area contributed by atoms with Crippen LogP contribution in [0.5, 0.6) is 5.75 Å². The number of hydrogen-bond donors (Lipinski definition) is 1. The minimum atomic E-state index is -4.57. The molecule has 27 heavy (non-hydrogen) atoms. The van der Waals surface area contributed by atoms with Gasteiger partial charge in [0.2, 0.25) is 0 Å². The Labute approximate surface area is 156 Å². The first kappa shape index (κ1) is 18.7. The second kappa shape index (κ2) is 8.09. The number of hydrogen-bond acceptors (Lipinski definition) is 5. The maximum Gasteiger partial charge on any atom is 0.434 e. The van der Waals surface area contributed by atoms with Crippen LogP contribution in [0.15, 0.2) is 76.9 Å². The Hall–Kier alpha value is -3.07. The molecule has 1 N–H and O–H groups in total. The summed E-state index contributed by atoms with van der Waals surface area (Å²) in [4.78, 5) is 19.3. The van der Waals surface area contributed by atoms with Crippen molar-refractivity contribution < 1.29 is 22.7 Å². The van der Waals surface area contributed by atoms with E-state index >= 15 is 0 Å². The van der Waals surface area contributed by atoms with Gasteiger partial charge in [-0.15, -0.1) is 0 Å². The van der Waals surface area contributed by atoms with Crippen LogP contribution < -0.4 is 10.1 Å². The van der Waals surface area contributed by atoms with Crippen molar-refractivity contribution in [2.45, 2.75) is 16.1 Å². The molecule has 3 aromatic rings. The van der Waals surface area contributed by atoms with Gasteiger partial charge in [-0.2, -0.15) is 13.2 Å². The highest BCUT2D eigenvalue weighted by molar-refractivity contribution is 7.99. The van der Waals surface area contributed by atoms with Crippen LogP contribution >= 0.6 is 11.8 Å². The predicted octanol–water partition coefficient (Wildman–Crippen LogP) is 5.26. The van der Waals surface area contributed by atoms with E-state index in [1.54, 1.807) is 30.3 Å². The fraction of sp³-hybridized carbons (Fsp3) is 0.0556. The van der Waals surface area contributed by atoms with Gasteiger partial charge >= 0.3 is 12.3 Å². The first-order chi connectivity index (χ1) is 12.9. The van der Waals surface area contributed by atoms with Crippen molar-refractivity contribution in [1.29, 1.82) is 0 Å². The second-order valence-electron chi connectivity index (χ2n) is 5.16. The van der Waals surface area contributed by atoms with E-state index in [2.05, 4.69) is 15.3 Å². The molecule has 0 fully saturated rings. The Balaban J connectivity index is 1.72. The van der Waals surface area contributed by atoms with E-state index in [4.69, 9.17) is 4.74 Å². The van der Waals surface area contributed by atoms with Gasteiger partial charge in [-0.1, -0.05) is 30.0 Å². The van der Waals surface area contributed by atoms with E-state index in [1.165, 1.54) is 30.5 Å². The van der Waals surface area contributed by atoms with Gasteiger partial charge in [0, 0.05) is 23.0 Å². The molecule has 0 spiro atoms. The molecule has 0 radical (unpaired) electrons. The molecule has 0 unspecified atom stereocenters. The summed E-state index contributed by atoms with van der Waals surface area (Å²) in [6.45, 7) is 0. The van der Waals surface area contributed by atoms with Gasteiger partial charge in [0.1, 0.15) is 10.8 Å². The van der Waals surface area contributed by atoms with Crippen LogP contribution in [0, 0.1) is 0 Å². The smallest absolute Gasteiger partial charge is 0.410 e. The topological polar surface area (TPSA) is 64.1 Å². The van der Waals surface area contributed by atoms with Crippen molar-refractivity contribution in [2.24, 2.45) is 0 Å². The predicted molar refractivity (Wildman–Crippen MR) is 93.7 cm³/mol. The number of carbonyl (C=O) groups is 1. The average molecular weight is 391 g/mol. The van der Waals surface area contributed by atoms with Crippen molar-refractivity contribution in [3.8, 4) is 5.75 Å². The second-order valence-corrected chi connectivity index (χ2v) is 6.22. The van der Waals surface area contributed by atoms with E-state index in [0.29, 0.717) is 11.4 Å². The van der Waals surface area contributed by atoms with Gasteiger partial charge in [-0.05, 0) is 36.4 Å². The van der Waals surface area contributed by atoms with Crippen LogP contribution in [0.2, 0.25) is 0 Å². The summed E-state index contributed by atoms with van der Waals surface area (Å²) in [7, 11) is 0. The zero-order valence-corrected chi connectivity index (χ0v) is 14.4. The largest absolute Gasteiger partial charge is 0.434 e. The SMILES string of the molecule is O=C(Nc1ccnc(Sc2cccnc2C(F)(F)F)c1)Oc1ccccc1. The Morgan fingerprint density at radius 1 is 1.00 bits per heavy atom. The summed E-state index contributed by atoms with van der Waals surface area (Å²) < 4.78 is 44.2. The minimum absolute atomic E-state index is 0.0819. The highest BCUT2D eigenvalue weighted by Gasteiger charge is 2.35. The highest BCUT2D eigenvalue weighted by Crippen LogP contribution is 2.37. The number of para-hydroxylation sites is 1. The van der Waals surface area contributed by atoms with Gasteiger partial charge in [0.15, 0.2) is 5.69 Å². The Morgan fingerprint density at radius 2 is 1.78 bits per heavy atom. The van der Waals surface area contributed by atoms with Gasteiger partial charge in [0.05, 0.1) is 0 Å². The zero-order valence-electron chi connectivity index (χ0n) is 13.6. The monoisotopic (exact) mass is 391 g/mol. The number of rotatable bonds is 4. The first-order valence-electron chi connectivity index (χ1n) is 7.62. The van der Waals surface area contributed by atoms with Crippen molar-refractivity contribution in [3.05, 3.63) is 72.7 Å². The maximum atomic E-state index is 13.0. The summed E-state index contributed by atoms with van der Waals surface area (Å²) in [5, 5.41) is 2.78. The van der Waals surface area contributed by atoms with Crippen LogP contribution in [0.25, 0.3) is 0 Å². The average Bonchev–Trinajstić information content (AvgIpc) is 2.62. The number of nitrogens with zero attached hydrogens (tertiary/aromatic N) is 2. The van der Waals surface area contributed by atoms with Crippen LogP contribution in [-0.2, 0) is 6.18 Å². The maximum absolute atomic E-state index is 13.0. The quantitative estimate of drug-likeness (QED) is 0.657. The molecule has 1 amide bonds. The summed E-state index contributed by atoms with van der Waals surface area (Å²) in [6.07, 6.45) is -2.83. The molecule has 0 aliphatic rings. The van der Waals surface area contributed by atoms with E-state index in [9.17, 15) is 18.0 Å². The lowest BCUT2D eigenvalue weighted by atomic mass is 10.3. The third kappa shape index (κ3) is 5.20. The Morgan fingerprint density at radius 3 is 2.52 bits per heavy atom. The lowest BCUT2D eigenvalue weighted by Gasteiger charge is -2.11. The standard InChI is InChI=1S/C18H12F3N3O2S/c19-18(20,21)16-14(7-4-9-23-16)27-15-11-12(8-10-22-15)24-17(25)26-13-5-2-1-3-6-13/h1-11H,(H,22,24,25). The van der Waals surface area contributed by atoms with Gasteiger partial charge in [0.25, 0.3) is 0 Å². The molecule has 2 heterocycles.